The zero-order chi connectivity index (χ0) is 20.1. The van der Waals surface area contributed by atoms with Gasteiger partial charge in [0.25, 0.3) is 5.91 Å². The van der Waals surface area contributed by atoms with Crippen LogP contribution in [0.3, 0.4) is 0 Å². The van der Waals surface area contributed by atoms with Crippen LogP contribution < -0.4 is 0 Å². The van der Waals surface area contributed by atoms with E-state index in [1.54, 1.807) is 4.90 Å². The molecule has 148 valence electrons. The van der Waals surface area contributed by atoms with E-state index in [-0.39, 0.29) is 35.7 Å². The summed E-state index contributed by atoms with van der Waals surface area (Å²) in [7, 11) is 0. The van der Waals surface area contributed by atoms with E-state index in [9.17, 15) is 9.59 Å². The van der Waals surface area contributed by atoms with Crippen molar-refractivity contribution in [3.63, 3.8) is 0 Å². The van der Waals surface area contributed by atoms with Gasteiger partial charge in [0.1, 0.15) is 0 Å². The van der Waals surface area contributed by atoms with Gasteiger partial charge in [0, 0.05) is 41.7 Å². The fourth-order valence-electron chi connectivity index (χ4n) is 4.49. The minimum Gasteiger partial charge on any atom is -0.455 e. The Kier molecular flexibility index (Phi) is 4.56. The van der Waals surface area contributed by atoms with Crippen LogP contribution in [0.5, 0.6) is 0 Å². The second-order valence-corrected chi connectivity index (χ2v) is 8.87. The van der Waals surface area contributed by atoms with Gasteiger partial charge in [0.15, 0.2) is 6.61 Å². The number of H-pyrrole nitrogens is 1. The van der Waals surface area contributed by atoms with Crippen molar-refractivity contribution >= 4 is 22.8 Å². The first-order chi connectivity index (χ1) is 13.3. The van der Waals surface area contributed by atoms with Crippen LogP contribution in [0.1, 0.15) is 39.0 Å². The van der Waals surface area contributed by atoms with Gasteiger partial charge >= 0.3 is 5.97 Å². The third-order valence-corrected chi connectivity index (χ3v) is 6.25. The van der Waals surface area contributed by atoms with Crippen molar-refractivity contribution < 1.29 is 14.3 Å². The van der Waals surface area contributed by atoms with Crippen molar-refractivity contribution in [1.82, 2.24) is 9.88 Å². The maximum absolute atomic E-state index is 12.7. The number of nitrogens with zero attached hydrogens (tertiary/aromatic N) is 1. The predicted molar refractivity (Wildman–Crippen MR) is 109 cm³/mol. The van der Waals surface area contributed by atoms with Crippen LogP contribution in [-0.2, 0) is 27.3 Å². The fraction of sp³-hybridized carbons (Fsp3) is 0.478. The number of para-hydroxylation sites is 1. The lowest BCUT2D eigenvalue weighted by Crippen LogP contribution is -2.38. The summed E-state index contributed by atoms with van der Waals surface area (Å²) in [6.45, 7) is 9.26. The van der Waals surface area contributed by atoms with Gasteiger partial charge in [-0.25, -0.2) is 0 Å². The number of aromatic amines is 1. The van der Waals surface area contributed by atoms with Crippen molar-refractivity contribution in [3.8, 4) is 0 Å². The van der Waals surface area contributed by atoms with Crippen LogP contribution >= 0.6 is 0 Å². The van der Waals surface area contributed by atoms with Crippen LogP contribution in [-0.4, -0.2) is 34.9 Å². The molecule has 1 aliphatic heterocycles. The molecule has 0 spiro atoms. The number of nitrogens with one attached hydrogen (secondary N) is 1. The first-order valence-electron chi connectivity index (χ1n) is 9.97. The Morgan fingerprint density at radius 1 is 1.29 bits per heavy atom. The highest BCUT2D eigenvalue weighted by Gasteiger charge is 2.61. The smallest absolute Gasteiger partial charge is 0.310 e. The van der Waals surface area contributed by atoms with Crippen LogP contribution in [0.25, 0.3) is 10.9 Å². The Balaban J connectivity index is 1.37. The van der Waals surface area contributed by atoms with Gasteiger partial charge in [-0.15, -0.1) is 0 Å². The molecular formula is C23H28N2O3. The third kappa shape index (κ3) is 3.23. The summed E-state index contributed by atoms with van der Waals surface area (Å²) >= 11 is 0. The summed E-state index contributed by atoms with van der Waals surface area (Å²) in [5, 5.41) is 1.16. The molecule has 1 aromatic heterocycles. The molecule has 2 atom stereocenters. The number of rotatable bonds is 4. The van der Waals surface area contributed by atoms with Crippen molar-refractivity contribution in [2.45, 2.75) is 40.7 Å². The fourth-order valence-corrected chi connectivity index (χ4v) is 4.49. The van der Waals surface area contributed by atoms with Crippen molar-refractivity contribution in [2.75, 3.05) is 13.2 Å². The van der Waals surface area contributed by atoms with Gasteiger partial charge in [0.05, 0.1) is 5.92 Å². The number of amides is 1. The molecule has 0 unspecified atom stereocenters. The van der Waals surface area contributed by atoms with Gasteiger partial charge in [-0.05, 0) is 31.2 Å². The van der Waals surface area contributed by atoms with E-state index < -0.39 is 0 Å². The number of aromatic nitrogens is 1. The summed E-state index contributed by atoms with van der Waals surface area (Å²) in [6.07, 6.45) is 2.93. The SMILES string of the molecule is CC(C)=C[C@@H]1[C@H](C(=O)OCC(=O)N2CCc3[nH]c4ccccc4c3C2)C1(C)C. The molecule has 2 heterocycles. The molecule has 0 saturated heterocycles. The first kappa shape index (κ1) is 18.8. The van der Waals surface area contributed by atoms with Crippen LogP contribution in [0, 0.1) is 17.3 Å². The number of hydrogen-bond acceptors (Lipinski definition) is 3. The number of esters is 1. The predicted octanol–water partition coefficient (Wildman–Crippen LogP) is 3.83. The number of hydrogen-bond donors (Lipinski definition) is 1. The van der Waals surface area contributed by atoms with Gasteiger partial charge in [-0.2, -0.15) is 0 Å². The molecule has 2 aromatic rings. The molecule has 1 fully saturated rings. The van der Waals surface area contributed by atoms with Crippen LogP contribution in [0.15, 0.2) is 35.9 Å². The molecule has 0 radical (unpaired) electrons. The lowest BCUT2D eigenvalue weighted by Gasteiger charge is -2.27. The molecule has 0 bridgehead atoms. The van der Waals surface area contributed by atoms with Crippen LogP contribution in [0.2, 0.25) is 0 Å². The highest BCUT2D eigenvalue weighted by Crippen LogP contribution is 2.59. The molecule has 1 aromatic carbocycles. The largest absolute Gasteiger partial charge is 0.455 e. The Morgan fingerprint density at radius 2 is 2.04 bits per heavy atom. The van der Waals surface area contributed by atoms with Crippen molar-refractivity contribution in [1.29, 1.82) is 0 Å². The molecular weight excluding hydrogens is 352 g/mol. The molecule has 1 saturated carbocycles. The maximum atomic E-state index is 12.7. The quantitative estimate of drug-likeness (QED) is 0.648. The van der Waals surface area contributed by atoms with E-state index in [2.05, 4.69) is 37.0 Å². The molecule has 1 aliphatic carbocycles. The average molecular weight is 380 g/mol. The summed E-state index contributed by atoms with van der Waals surface area (Å²) in [6, 6.07) is 8.16. The molecule has 2 aliphatic rings. The average Bonchev–Trinajstić information content (AvgIpc) is 3.01. The van der Waals surface area contributed by atoms with Crippen molar-refractivity contribution in [2.24, 2.45) is 17.3 Å². The van der Waals surface area contributed by atoms with Gasteiger partial charge in [-0.1, -0.05) is 43.7 Å². The van der Waals surface area contributed by atoms with E-state index in [4.69, 9.17) is 4.74 Å². The monoisotopic (exact) mass is 380 g/mol. The topological polar surface area (TPSA) is 62.4 Å². The zero-order valence-electron chi connectivity index (χ0n) is 17.0. The summed E-state index contributed by atoms with van der Waals surface area (Å²) in [4.78, 5) is 30.4. The number of carbonyl (C=O) groups excluding carboxylic acids is 2. The molecule has 5 heteroatoms. The van der Waals surface area contributed by atoms with Crippen LogP contribution in [0.4, 0.5) is 0 Å². The lowest BCUT2D eigenvalue weighted by atomic mass is 10.0. The third-order valence-electron chi connectivity index (χ3n) is 6.25. The zero-order valence-corrected chi connectivity index (χ0v) is 17.0. The highest BCUT2D eigenvalue weighted by molar-refractivity contribution is 5.87. The van der Waals surface area contributed by atoms with E-state index in [1.807, 2.05) is 26.0 Å². The second-order valence-electron chi connectivity index (χ2n) is 8.87. The number of fused-ring (bicyclic) bond motifs is 3. The minimum atomic E-state index is -0.259. The Morgan fingerprint density at radius 3 is 2.79 bits per heavy atom. The first-order valence-corrected chi connectivity index (χ1v) is 9.97. The summed E-state index contributed by atoms with van der Waals surface area (Å²) < 4.78 is 5.42. The second kappa shape index (κ2) is 6.80. The number of carbonyl (C=O) groups is 2. The number of benzene rings is 1. The normalized spacial score (nSPS) is 22.5. The van der Waals surface area contributed by atoms with E-state index in [1.165, 1.54) is 16.8 Å². The van der Waals surface area contributed by atoms with E-state index >= 15 is 0 Å². The van der Waals surface area contributed by atoms with E-state index in [0.717, 1.165) is 17.3 Å². The minimum absolute atomic E-state index is 0.0958. The molecule has 28 heavy (non-hydrogen) atoms. The van der Waals surface area contributed by atoms with Crippen molar-refractivity contribution in [3.05, 3.63) is 47.2 Å². The molecule has 5 nitrogen and oxygen atoms in total. The number of ether oxygens (including phenoxy) is 1. The molecule has 4 rings (SSSR count). The van der Waals surface area contributed by atoms with Gasteiger partial charge in [-0.3, -0.25) is 9.59 Å². The lowest BCUT2D eigenvalue weighted by molar-refractivity contribution is -0.154. The summed E-state index contributed by atoms with van der Waals surface area (Å²) in [5.41, 5.74) is 4.59. The summed E-state index contributed by atoms with van der Waals surface area (Å²) in [5.74, 6) is -0.340. The van der Waals surface area contributed by atoms with E-state index in [0.29, 0.717) is 13.1 Å². The van der Waals surface area contributed by atoms with Gasteiger partial charge in [0.2, 0.25) is 0 Å². The van der Waals surface area contributed by atoms with Gasteiger partial charge < -0.3 is 14.6 Å². The molecule has 1 N–H and O–H groups in total. The maximum Gasteiger partial charge on any atom is 0.310 e. The Bertz CT molecular complexity index is 965. The Hall–Kier alpha value is -2.56. The highest BCUT2D eigenvalue weighted by atomic mass is 16.5. The standard InChI is InChI=1S/C23H28N2O3/c1-14(2)11-17-21(23(17,3)4)22(27)28-13-20(26)25-10-9-19-16(12-25)15-7-5-6-8-18(15)24-19/h5-8,11,17,21,24H,9-10,12-13H2,1-4H3/t17-,21-/m1/s1. The molecule has 1 amide bonds. The Labute approximate surface area is 165 Å². The number of allylic oxidation sites excluding steroid dienone is 2.